The summed E-state index contributed by atoms with van der Waals surface area (Å²) in [5.74, 6) is -2.87. The number of pyridine rings is 1. The molecule has 1 aromatic heterocycles. The minimum atomic E-state index is -4.74. The van der Waals surface area contributed by atoms with Crippen LogP contribution in [0.1, 0.15) is 33.1 Å². The molecule has 2 amide bonds. The summed E-state index contributed by atoms with van der Waals surface area (Å²) >= 11 is 0. The molecule has 2 fully saturated rings. The van der Waals surface area contributed by atoms with Crippen molar-refractivity contribution in [3.63, 3.8) is 0 Å². The lowest BCUT2D eigenvalue weighted by molar-refractivity contribution is -0.202. The Balaban J connectivity index is 1.12. The number of hydrogen-bond acceptors (Lipinski definition) is 7. The molecule has 0 bridgehead atoms. The molecule has 3 aliphatic rings. The first-order valence-electron chi connectivity index (χ1n) is 14.6. The summed E-state index contributed by atoms with van der Waals surface area (Å²) in [5, 5.41) is 0. The number of anilines is 1. The fourth-order valence-corrected chi connectivity index (χ4v) is 6.27. The third-order valence-corrected chi connectivity index (χ3v) is 8.59. The standard InChI is InChI=1S/C31H30F6N6O3/c32-30(33,34)21-8-9-26(38-15-21)41-10-12-42(13-11-41)29(45)19-5-3-6-22(14-19)46-18-25-23-7-2-1-4-20(23)17-43(25)24-16-39-40-28(44)27(24)31(35,36)37/h1-9,14-15,24-25,27,39H,10-13,16-18H2,(H,40,44)/t24?,25-,27?/m0/s1. The van der Waals surface area contributed by atoms with E-state index >= 15 is 0 Å². The van der Waals surface area contributed by atoms with Crippen molar-refractivity contribution in [1.29, 1.82) is 0 Å². The molecule has 6 rings (SSSR count). The van der Waals surface area contributed by atoms with Crippen molar-refractivity contribution in [3.05, 3.63) is 89.1 Å². The SMILES string of the molecule is O=C1NNCC(N2Cc3ccccc3[C@@H]2COc2cccc(C(=O)N3CCN(c4ccc(C(F)(F)F)cn4)CC3)c2)C1C(F)(F)F. The number of aromatic nitrogens is 1. The van der Waals surface area contributed by atoms with Gasteiger partial charge in [0.05, 0.1) is 11.6 Å². The second kappa shape index (κ2) is 12.4. The van der Waals surface area contributed by atoms with Crippen LogP contribution in [-0.4, -0.2) is 78.1 Å². The highest BCUT2D eigenvalue weighted by Gasteiger charge is 2.55. The molecule has 9 nitrogen and oxygen atoms in total. The van der Waals surface area contributed by atoms with Crippen LogP contribution in [0, 0.1) is 5.92 Å². The van der Waals surface area contributed by atoms with Gasteiger partial charge in [0.25, 0.3) is 5.91 Å². The third-order valence-electron chi connectivity index (χ3n) is 8.59. The van der Waals surface area contributed by atoms with E-state index in [1.807, 2.05) is 23.1 Å². The summed E-state index contributed by atoms with van der Waals surface area (Å²) < 4.78 is 86.8. The number of halogens is 6. The van der Waals surface area contributed by atoms with Gasteiger partial charge in [-0.1, -0.05) is 30.3 Å². The van der Waals surface area contributed by atoms with Crippen LogP contribution in [0.15, 0.2) is 66.9 Å². The monoisotopic (exact) mass is 648 g/mol. The van der Waals surface area contributed by atoms with Gasteiger partial charge in [-0.25, -0.2) is 10.4 Å². The maximum absolute atomic E-state index is 14.0. The van der Waals surface area contributed by atoms with E-state index in [1.165, 1.54) is 6.07 Å². The molecule has 46 heavy (non-hydrogen) atoms. The number of carbonyl (C=O) groups excluding carboxylic acids is 2. The van der Waals surface area contributed by atoms with Crippen molar-refractivity contribution >= 4 is 17.6 Å². The molecule has 2 saturated heterocycles. The molecular formula is C31H30F6N6O3. The highest BCUT2D eigenvalue weighted by Crippen LogP contribution is 2.41. The van der Waals surface area contributed by atoms with Gasteiger partial charge in [0.1, 0.15) is 18.2 Å². The topological polar surface area (TPSA) is 90.0 Å². The number of hydrazine groups is 1. The van der Waals surface area contributed by atoms with Crippen LogP contribution in [0.4, 0.5) is 32.2 Å². The van der Waals surface area contributed by atoms with E-state index < -0.39 is 41.8 Å². The number of piperazine rings is 1. The van der Waals surface area contributed by atoms with Crippen LogP contribution in [0.5, 0.6) is 5.75 Å². The van der Waals surface area contributed by atoms with Gasteiger partial charge in [0, 0.05) is 57.1 Å². The van der Waals surface area contributed by atoms with E-state index in [9.17, 15) is 35.9 Å². The van der Waals surface area contributed by atoms with E-state index in [-0.39, 0.29) is 25.6 Å². The first-order valence-corrected chi connectivity index (χ1v) is 14.6. The molecule has 4 heterocycles. The summed E-state index contributed by atoms with van der Waals surface area (Å²) in [6.45, 7) is 1.49. The maximum atomic E-state index is 14.0. The average molecular weight is 649 g/mol. The molecule has 0 spiro atoms. The van der Waals surface area contributed by atoms with Crippen molar-refractivity contribution in [2.75, 3.05) is 44.2 Å². The highest BCUT2D eigenvalue weighted by atomic mass is 19.4. The number of nitrogens with zero attached hydrogens (tertiary/aromatic N) is 4. The predicted molar refractivity (Wildman–Crippen MR) is 153 cm³/mol. The number of ether oxygens (including phenoxy) is 1. The van der Waals surface area contributed by atoms with Gasteiger partial charge < -0.3 is 14.5 Å². The molecule has 3 aliphatic heterocycles. The Morgan fingerprint density at radius 1 is 0.957 bits per heavy atom. The Kier molecular flexibility index (Phi) is 8.55. The van der Waals surface area contributed by atoms with Gasteiger partial charge in [0.2, 0.25) is 5.91 Å². The number of amides is 2. The average Bonchev–Trinajstić information content (AvgIpc) is 3.41. The number of benzene rings is 2. The lowest BCUT2D eigenvalue weighted by Crippen LogP contribution is -2.64. The summed E-state index contributed by atoms with van der Waals surface area (Å²) in [4.78, 5) is 34.7. The van der Waals surface area contributed by atoms with Crippen LogP contribution >= 0.6 is 0 Å². The lowest BCUT2D eigenvalue weighted by Gasteiger charge is -2.40. The minimum absolute atomic E-state index is 0.0177. The third kappa shape index (κ3) is 6.47. The first kappa shape index (κ1) is 31.6. The smallest absolute Gasteiger partial charge is 0.417 e. The Labute approximate surface area is 260 Å². The number of fused-ring (bicyclic) bond motifs is 1. The molecule has 2 unspecified atom stereocenters. The Bertz CT molecular complexity index is 1580. The first-order chi connectivity index (χ1) is 21.9. The van der Waals surface area contributed by atoms with Gasteiger partial charge in [-0.15, -0.1) is 0 Å². The molecular weight excluding hydrogens is 618 g/mol. The molecule has 3 aromatic rings. The minimum Gasteiger partial charge on any atom is -0.492 e. The molecule has 0 radical (unpaired) electrons. The highest BCUT2D eigenvalue weighted by molar-refractivity contribution is 5.94. The molecule has 2 aromatic carbocycles. The predicted octanol–water partition coefficient (Wildman–Crippen LogP) is 4.18. The van der Waals surface area contributed by atoms with E-state index in [0.29, 0.717) is 43.3 Å². The summed E-state index contributed by atoms with van der Waals surface area (Å²) in [7, 11) is 0. The van der Waals surface area contributed by atoms with Crippen LogP contribution in [-0.2, 0) is 17.5 Å². The molecule has 15 heteroatoms. The Morgan fingerprint density at radius 2 is 1.72 bits per heavy atom. The number of alkyl halides is 6. The molecule has 0 aliphatic carbocycles. The van der Waals surface area contributed by atoms with Crippen LogP contribution in [0.25, 0.3) is 0 Å². The fourth-order valence-electron chi connectivity index (χ4n) is 6.27. The number of rotatable bonds is 6. The largest absolute Gasteiger partial charge is 0.492 e. The zero-order chi connectivity index (χ0) is 32.6. The van der Waals surface area contributed by atoms with Gasteiger partial charge in [-0.2, -0.15) is 26.3 Å². The molecule has 3 atom stereocenters. The summed E-state index contributed by atoms with van der Waals surface area (Å²) in [5.41, 5.74) is 5.86. The van der Waals surface area contributed by atoms with Crippen LogP contribution in [0.3, 0.4) is 0 Å². The quantitative estimate of drug-likeness (QED) is 0.388. The van der Waals surface area contributed by atoms with Gasteiger partial charge >= 0.3 is 12.4 Å². The normalized spacial score (nSPS) is 22.4. The van der Waals surface area contributed by atoms with Crippen LogP contribution < -0.4 is 20.5 Å². The van der Waals surface area contributed by atoms with Gasteiger partial charge in [-0.05, 0) is 41.5 Å². The van der Waals surface area contributed by atoms with E-state index in [2.05, 4.69) is 15.8 Å². The second-order valence-corrected chi connectivity index (χ2v) is 11.4. The Hall–Kier alpha value is -4.37. The summed E-state index contributed by atoms with van der Waals surface area (Å²) in [6.07, 6.45) is -8.43. The number of hydrogen-bond donors (Lipinski definition) is 2. The fraction of sp³-hybridized carbons (Fsp3) is 0.387. The maximum Gasteiger partial charge on any atom is 0.417 e. The van der Waals surface area contributed by atoms with Crippen molar-refractivity contribution < 1.29 is 40.7 Å². The molecule has 244 valence electrons. The molecule has 2 N–H and O–H groups in total. The zero-order valence-electron chi connectivity index (χ0n) is 24.3. The van der Waals surface area contributed by atoms with E-state index in [0.717, 1.165) is 23.4 Å². The van der Waals surface area contributed by atoms with E-state index in [1.54, 1.807) is 40.1 Å². The van der Waals surface area contributed by atoms with Crippen molar-refractivity contribution in [1.82, 2.24) is 25.6 Å². The van der Waals surface area contributed by atoms with E-state index in [4.69, 9.17) is 4.74 Å². The van der Waals surface area contributed by atoms with Gasteiger partial charge in [-0.3, -0.25) is 19.9 Å². The molecule has 0 saturated carbocycles. The van der Waals surface area contributed by atoms with Gasteiger partial charge in [0.15, 0.2) is 5.92 Å². The van der Waals surface area contributed by atoms with Crippen molar-refractivity contribution in [2.24, 2.45) is 5.92 Å². The van der Waals surface area contributed by atoms with Crippen molar-refractivity contribution in [2.45, 2.75) is 31.0 Å². The summed E-state index contributed by atoms with van der Waals surface area (Å²) in [6, 6.07) is 14.4. The van der Waals surface area contributed by atoms with Crippen LogP contribution in [0.2, 0.25) is 0 Å². The number of nitrogens with one attached hydrogen (secondary N) is 2. The zero-order valence-corrected chi connectivity index (χ0v) is 24.3. The number of carbonyl (C=O) groups is 2. The van der Waals surface area contributed by atoms with Crippen molar-refractivity contribution in [3.8, 4) is 5.75 Å². The lowest BCUT2D eigenvalue weighted by atomic mass is 9.94. The second-order valence-electron chi connectivity index (χ2n) is 11.4. The Morgan fingerprint density at radius 3 is 2.41 bits per heavy atom.